The molecule has 3 saturated carbocycles. The Kier molecular flexibility index (Phi) is 9.32. The van der Waals surface area contributed by atoms with Crippen molar-refractivity contribution in [2.24, 2.45) is 17.8 Å². The molecule has 0 aromatic carbocycles. The summed E-state index contributed by atoms with van der Waals surface area (Å²) < 4.78 is 30.4. The van der Waals surface area contributed by atoms with E-state index in [1.807, 2.05) is 25.2 Å². The first-order valence-electron chi connectivity index (χ1n) is 18.9. The van der Waals surface area contributed by atoms with Gasteiger partial charge in [0.15, 0.2) is 5.78 Å². The van der Waals surface area contributed by atoms with Crippen molar-refractivity contribution in [2.45, 2.75) is 119 Å². The maximum absolute atomic E-state index is 16.6. The van der Waals surface area contributed by atoms with Gasteiger partial charge in [-0.2, -0.15) is 0 Å². The van der Waals surface area contributed by atoms with Gasteiger partial charge in [0.1, 0.15) is 6.17 Å². The summed E-state index contributed by atoms with van der Waals surface area (Å²) in [5.41, 5.74) is 0.163. The Morgan fingerprint density at radius 2 is 1.75 bits per heavy atom. The summed E-state index contributed by atoms with van der Waals surface area (Å²) >= 11 is 0. The van der Waals surface area contributed by atoms with E-state index in [0.717, 1.165) is 45.3 Å². The summed E-state index contributed by atoms with van der Waals surface area (Å²) in [5.74, 6) is -0.289. The van der Waals surface area contributed by atoms with Crippen LogP contribution in [0.15, 0.2) is 11.8 Å². The number of ether oxygens (including phenoxy) is 2. The highest BCUT2D eigenvalue weighted by Gasteiger charge is 2.62. The smallest absolute Gasteiger partial charge is 0.256 e. The molecular weight excluding hydrogens is 615 g/mol. The van der Waals surface area contributed by atoms with Crippen molar-refractivity contribution in [1.29, 1.82) is 0 Å². The molecule has 11 unspecified atom stereocenters. The van der Waals surface area contributed by atoms with Crippen molar-refractivity contribution < 1.29 is 28.2 Å². The van der Waals surface area contributed by atoms with E-state index < -0.39 is 24.2 Å². The second-order valence-corrected chi connectivity index (χ2v) is 16.3. The normalized spacial score (nSPS) is 42.5. The lowest BCUT2D eigenvalue weighted by atomic mass is 9.67. The zero-order chi connectivity index (χ0) is 33.1. The molecule has 0 bridgehead atoms. The zero-order valence-electron chi connectivity index (χ0n) is 28.7. The minimum absolute atomic E-state index is 0.0240. The van der Waals surface area contributed by atoms with Crippen molar-refractivity contribution in [1.82, 2.24) is 30.2 Å². The van der Waals surface area contributed by atoms with Crippen molar-refractivity contribution in [3.05, 3.63) is 11.8 Å². The van der Waals surface area contributed by atoms with Crippen molar-refractivity contribution in [2.75, 3.05) is 59.9 Å². The van der Waals surface area contributed by atoms with E-state index in [2.05, 4.69) is 25.3 Å². The number of rotatable bonds is 8. The third kappa shape index (κ3) is 6.11. The molecule has 0 spiro atoms. The molecule has 0 radical (unpaired) electrons. The van der Waals surface area contributed by atoms with E-state index in [0.29, 0.717) is 44.1 Å². The van der Waals surface area contributed by atoms with Gasteiger partial charge in [-0.1, -0.05) is 12.8 Å². The number of hydrogen-bond donors (Lipinski definition) is 2. The first-order valence-corrected chi connectivity index (χ1v) is 18.9. The summed E-state index contributed by atoms with van der Waals surface area (Å²) in [6.07, 6.45) is 10.0. The monoisotopic (exact) mass is 670 g/mol. The Labute approximate surface area is 284 Å². The lowest BCUT2D eigenvalue weighted by Crippen LogP contribution is -2.73. The number of likely N-dealkylation sites (tertiary alicyclic amines) is 2. The Morgan fingerprint density at radius 3 is 2.56 bits per heavy atom. The van der Waals surface area contributed by atoms with Gasteiger partial charge in [0.25, 0.3) is 5.91 Å². The largest absolute Gasteiger partial charge is 0.374 e. The molecule has 2 amide bonds. The molecule has 3 aliphatic carbocycles. The van der Waals surface area contributed by atoms with Gasteiger partial charge >= 0.3 is 0 Å². The van der Waals surface area contributed by atoms with Crippen LogP contribution >= 0.6 is 0 Å². The fraction of sp³-hybridized carbons (Fsp3) is 0.861. The molecular formula is C36H55FN6O5. The van der Waals surface area contributed by atoms with E-state index in [-0.39, 0.29) is 59.9 Å². The third-order valence-electron chi connectivity index (χ3n) is 13.0. The van der Waals surface area contributed by atoms with Crippen LogP contribution < -0.4 is 10.6 Å². The number of nitrogens with one attached hydrogen (secondary N) is 2. The van der Waals surface area contributed by atoms with Crippen LogP contribution in [0.2, 0.25) is 0 Å². The van der Waals surface area contributed by atoms with Crippen LogP contribution in [0.4, 0.5) is 4.39 Å². The van der Waals surface area contributed by atoms with E-state index in [1.54, 1.807) is 0 Å². The standard InChI is InChI=1S/C36H55FN6O5/c1-40(2)20-31(44)39-21-9-13-42(18-21)33-26(37)15-24-32-35(33)48-30-16-23-22-7-3-4-8-28(22)47-29(23)17-27(30)43(32)19-25(34(24)45)36(46)38-10-14-41-11-5-6-12-41/h19,21-24,26-30,32-33,35H,3-18,20H2,1-2H3,(H,38,46)(H,39,44)/t21-,22?,23?,24?,26?,27?,28?,29?,30?,32?,33?,35?/m1/s1. The lowest BCUT2D eigenvalue weighted by molar-refractivity contribution is -0.220. The van der Waals surface area contributed by atoms with E-state index in [4.69, 9.17) is 9.47 Å². The first-order chi connectivity index (χ1) is 23.2. The SMILES string of the molecule is CN(C)CC(=O)N[C@@H]1CCN(C2C(F)CC3C(=O)C(C(=O)NCCN4CCCC4)=CN4C5CC6OC7CCCCC7C6CC5OC2C34)C1. The second kappa shape index (κ2) is 13.5. The Bertz CT molecular complexity index is 1280. The van der Waals surface area contributed by atoms with Crippen LogP contribution in [0.3, 0.4) is 0 Å². The molecule has 11 nitrogen and oxygen atoms in total. The molecule has 8 aliphatic rings. The van der Waals surface area contributed by atoms with Crippen molar-refractivity contribution in [3.8, 4) is 0 Å². The molecule has 0 aromatic rings. The first kappa shape index (κ1) is 33.0. The van der Waals surface area contributed by atoms with Crippen molar-refractivity contribution >= 4 is 17.6 Å². The molecule has 8 rings (SSSR count). The third-order valence-corrected chi connectivity index (χ3v) is 13.0. The summed E-state index contributed by atoms with van der Waals surface area (Å²) in [5, 5.41) is 6.17. The van der Waals surface area contributed by atoms with E-state index in [9.17, 15) is 14.4 Å². The van der Waals surface area contributed by atoms with Crippen LogP contribution in [-0.4, -0.2) is 152 Å². The zero-order valence-corrected chi connectivity index (χ0v) is 28.7. The molecule has 2 N–H and O–H groups in total. The number of hydrogen-bond acceptors (Lipinski definition) is 9. The molecule has 5 aliphatic heterocycles. The number of halogens is 1. The Balaban J connectivity index is 1.06. The average Bonchev–Trinajstić information content (AvgIpc) is 3.81. The minimum atomic E-state index is -1.28. The number of alkyl halides is 1. The molecule has 7 fully saturated rings. The number of likely N-dealkylation sites (N-methyl/N-ethyl adjacent to an activating group) is 1. The quantitative estimate of drug-likeness (QED) is 0.370. The van der Waals surface area contributed by atoms with E-state index in [1.165, 1.54) is 32.1 Å². The Morgan fingerprint density at radius 1 is 0.938 bits per heavy atom. The van der Waals surface area contributed by atoms with Crippen LogP contribution in [-0.2, 0) is 23.9 Å². The lowest BCUT2D eigenvalue weighted by Gasteiger charge is -2.61. The number of carbonyl (C=O) groups is 3. The maximum atomic E-state index is 16.6. The van der Waals surface area contributed by atoms with Gasteiger partial charge in [0, 0.05) is 44.3 Å². The van der Waals surface area contributed by atoms with Gasteiger partial charge in [0.05, 0.1) is 54.7 Å². The van der Waals surface area contributed by atoms with Gasteiger partial charge in [-0.05, 0) is 90.4 Å². The number of ketones is 1. The topological polar surface area (TPSA) is 107 Å². The Hall–Kier alpha value is -2.12. The maximum Gasteiger partial charge on any atom is 0.256 e. The van der Waals surface area contributed by atoms with Gasteiger partial charge in [0.2, 0.25) is 5.91 Å². The molecule has 4 saturated heterocycles. The summed E-state index contributed by atoms with van der Waals surface area (Å²) in [4.78, 5) is 48.9. The van der Waals surface area contributed by atoms with Crippen LogP contribution in [0.25, 0.3) is 0 Å². The summed E-state index contributed by atoms with van der Waals surface area (Å²) in [6, 6.07) is -0.918. The van der Waals surface area contributed by atoms with E-state index >= 15 is 4.39 Å². The fourth-order valence-electron chi connectivity index (χ4n) is 11.0. The number of fused-ring (bicyclic) bond motifs is 5. The molecule has 48 heavy (non-hydrogen) atoms. The molecule has 12 heteroatoms. The molecule has 5 heterocycles. The average molecular weight is 671 g/mol. The predicted molar refractivity (Wildman–Crippen MR) is 177 cm³/mol. The summed E-state index contributed by atoms with van der Waals surface area (Å²) in [6.45, 7) is 4.90. The molecule has 0 aromatic heterocycles. The highest BCUT2D eigenvalue weighted by atomic mass is 19.1. The van der Waals surface area contributed by atoms with Gasteiger partial charge in [-0.15, -0.1) is 0 Å². The predicted octanol–water partition coefficient (Wildman–Crippen LogP) is 1.32. The van der Waals surface area contributed by atoms with Crippen LogP contribution in [0, 0.1) is 17.8 Å². The van der Waals surface area contributed by atoms with Crippen LogP contribution in [0.1, 0.15) is 64.2 Å². The van der Waals surface area contributed by atoms with Crippen LogP contribution in [0.5, 0.6) is 0 Å². The second-order valence-electron chi connectivity index (χ2n) is 16.3. The van der Waals surface area contributed by atoms with Gasteiger partial charge < -0.3 is 34.8 Å². The fourth-order valence-corrected chi connectivity index (χ4v) is 11.0. The number of amides is 2. The number of Topliss-reactive ketones (excluding diaryl/α,β-unsaturated/α-hetero) is 1. The van der Waals surface area contributed by atoms with Crippen molar-refractivity contribution in [3.63, 3.8) is 0 Å². The summed E-state index contributed by atoms with van der Waals surface area (Å²) in [7, 11) is 3.74. The van der Waals surface area contributed by atoms with Gasteiger partial charge in [-0.25, -0.2) is 4.39 Å². The number of nitrogens with zero attached hydrogens (tertiary/aromatic N) is 4. The highest BCUT2D eigenvalue weighted by molar-refractivity contribution is 6.20. The number of morpholine rings is 1. The van der Waals surface area contributed by atoms with Gasteiger partial charge in [-0.3, -0.25) is 19.3 Å². The highest BCUT2D eigenvalue weighted by Crippen LogP contribution is 2.53. The minimum Gasteiger partial charge on any atom is -0.374 e. The molecule has 12 atom stereocenters. The molecule has 266 valence electrons. The number of carbonyl (C=O) groups excluding carboxylic acids is 3.